The van der Waals surface area contributed by atoms with Crippen molar-refractivity contribution in [1.82, 2.24) is 4.67 Å². The zero-order valence-corrected chi connectivity index (χ0v) is 7.82. The lowest BCUT2D eigenvalue weighted by Crippen LogP contribution is -2.24. The predicted octanol–water partition coefficient (Wildman–Crippen LogP) is -0.426. The van der Waals surface area contributed by atoms with Crippen molar-refractivity contribution in [3.05, 3.63) is 0 Å². The smallest absolute Gasteiger partial charge is 0.403 e. The highest BCUT2D eigenvalue weighted by molar-refractivity contribution is 7.49. The minimum absolute atomic E-state index is 0.202. The quantitative estimate of drug-likeness (QED) is 0.470. The van der Waals surface area contributed by atoms with Gasteiger partial charge in [-0.2, -0.15) is 0 Å². The highest BCUT2D eigenvalue weighted by Crippen LogP contribution is 2.37. The number of esters is 1. The summed E-state index contributed by atoms with van der Waals surface area (Å²) >= 11 is 0. The van der Waals surface area contributed by atoms with E-state index in [-0.39, 0.29) is 6.61 Å². The van der Waals surface area contributed by atoms with E-state index in [9.17, 15) is 9.36 Å². The van der Waals surface area contributed by atoms with Gasteiger partial charge in [-0.25, -0.2) is 9.24 Å². The highest BCUT2D eigenvalue weighted by atomic mass is 31.2. The monoisotopic (exact) mass is 197 g/mol. The first-order valence-electron chi connectivity index (χ1n) is 3.30. The number of hydrogen-bond acceptors (Lipinski definition) is 3. The Morgan fingerprint density at radius 2 is 2.08 bits per heavy atom. The van der Waals surface area contributed by atoms with Gasteiger partial charge < -0.3 is 14.5 Å². The van der Waals surface area contributed by atoms with Gasteiger partial charge in [0.15, 0.2) is 0 Å². The van der Waals surface area contributed by atoms with Crippen molar-refractivity contribution in [2.24, 2.45) is 0 Å². The van der Waals surface area contributed by atoms with E-state index in [1.54, 1.807) is 6.92 Å². The number of nitrogens with zero attached hydrogens (tertiary/aromatic N) is 1. The van der Waals surface area contributed by atoms with Crippen molar-refractivity contribution < 1.29 is 23.9 Å². The summed E-state index contributed by atoms with van der Waals surface area (Å²) in [7, 11) is -3.15. The molecule has 6 nitrogen and oxygen atoms in total. The van der Waals surface area contributed by atoms with Crippen molar-refractivity contribution in [3.8, 4) is 0 Å². The van der Waals surface area contributed by atoms with Crippen LogP contribution in [0.5, 0.6) is 0 Å². The molecule has 2 N–H and O–H groups in total. The lowest BCUT2D eigenvalue weighted by Gasteiger charge is -2.15. The second-order valence-corrected chi connectivity index (χ2v) is 3.84. The predicted molar refractivity (Wildman–Crippen MR) is 41.3 cm³/mol. The SMILES string of the molecule is CCOC(=O)CN(C)P(=O)(O)O. The van der Waals surface area contributed by atoms with Crippen LogP contribution in [0, 0.1) is 0 Å². The van der Waals surface area contributed by atoms with E-state index in [0.29, 0.717) is 4.67 Å². The minimum Gasteiger partial charge on any atom is -0.465 e. The van der Waals surface area contributed by atoms with Crippen LogP contribution >= 0.6 is 7.75 Å². The third kappa shape index (κ3) is 4.46. The van der Waals surface area contributed by atoms with Crippen molar-refractivity contribution >= 4 is 13.7 Å². The molecular formula is C5H12NO5P. The van der Waals surface area contributed by atoms with Crippen LogP contribution in [0.2, 0.25) is 0 Å². The maximum atomic E-state index is 10.7. The molecule has 0 saturated carbocycles. The molecule has 0 rings (SSSR count). The standard InChI is InChI=1S/C5H12NO5P/c1-3-11-5(7)4-6(2)12(8,9)10/h3-4H2,1-2H3,(H2,8,9,10). The van der Waals surface area contributed by atoms with Crippen LogP contribution in [0.4, 0.5) is 0 Å². The van der Waals surface area contributed by atoms with Gasteiger partial charge in [0.2, 0.25) is 0 Å². The summed E-state index contributed by atoms with van der Waals surface area (Å²) in [5.41, 5.74) is 0. The van der Waals surface area contributed by atoms with Crippen molar-refractivity contribution in [2.75, 3.05) is 20.2 Å². The lowest BCUT2D eigenvalue weighted by molar-refractivity contribution is -0.143. The largest absolute Gasteiger partial charge is 0.465 e. The Morgan fingerprint density at radius 3 is 2.42 bits per heavy atom. The zero-order chi connectivity index (χ0) is 9.78. The molecule has 0 aliphatic heterocycles. The molecule has 0 saturated heterocycles. The Hall–Kier alpha value is -0.420. The summed E-state index contributed by atoms with van der Waals surface area (Å²) in [4.78, 5) is 27.8. The zero-order valence-electron chi connectivity index (χ0n) is 6.93. The number of carbonyl (C=O) groups excluding carboxylic acids is 1. The molecular weight excluding hydrogens is 185 g/mol. The van der Waals surface area contributed by atoms with E-state index in [1.807, 2.05) is 0 Å². The molecule has 72 valence electrons. The summed E-state index contributed by atoms with van der Waals surface area (Å²) in [5, 5.41) is 0. The molecule has 7 heteroatoms. The Morgan fingerprint density at radius 1 is 1.58 bits per heavy atom. The highest BCUT2D eigenvalue weighted by Gasteiger charge is 2.23. The van der Waals surface area contributed by atoms with Crippen LogP contribution in [0.25, 0.3) is 0 Å². The van der Waals surface area contributed by atoms with E-state index in [1.165, 1.54) is 0 Å². The van der Waals surface area contributed by atoms with E-state index in [2.05, 4.69) is 4.74 Å². The third-order valence-electron chi connectivity index (χ3n) is 1.11. The van der Waals surface area contributed by atoms with Crippen LogP contribution in [0.15, 0.2) is 0 Å². The molecule has 12 heavy (non-hydrogen) atoms. The van der Waals surface area contributed by atoms with Gasteiger partial charge in [0, 0.05) is 0 Å². The van der Waals surface area contributed by atoms with Crippen LogP contribution < -0.4 is 0 Å². The van der Waals surface area contributed by atoms with Crippen LogP contribution in [-0.2, 0) is 14.1 Å². The molecule has 0 atom stereocenters. The Bertz CT molecular complexity index is 200. The molecule has 0 spiro atoms. The third-order valence-corrected chi connectivity index (χ3v) is 2.14. The molecule has 0 heterocycles. The van der Waals surface area contributed by atoms with Crippen LogP contribution in [-0.4, -0.2) is 40.6 Å². The molecule has 0 aliphatic rings. The van der Waals surface area contributed by atoms with Gasteiger partial charge in [-0.05, 0) is 14.0 Å². The molecule has 0 unspecified atom stereocenters. The first kappa shape index (κ1) is 11.6. The molecule has 0 radical (unpaired) electrons. The van der Waals surface area contributed by atoms with Gasteiger partial charge >= 0.3 is 13.7 Å². The maximum Gasteiger partial charge on any atom is 0.403 e. The van der Waals surface area contributed by atoms with Crippen LogP contribution in [0.1, 0.15) is 6.92 Å². The van der Waals surface area contributed by atoms with Crippen molar-refractivity contribution in [3.63, 3.8) is 0 Å². The van der Waals surface area contributed by atoms with Gasteiger partial charge in [-0.3, -0.25) is 4.79 Å². The first-order valence-corrected chi connectivity index (χ1v) is 4.87. The fraction of sp³-hybridized carbons (Fsp3) is 0.800. The maximum absolute atomic E-state index is 10.7. The van der Waals surface area contributed by atoms with E-state index in [0.717, 1.165) is 7.05 Å². The average Bonchev–Trinajstić information content (AvgIpc) is 1.85. The minimum atomic E-state index is -4.30. The second-order valence-electron chi connectivity index (χ2n) is 2.13. The van der Waals surface area contributed by atoms with E-state index in [4.69, 9.17) is 9.79 Å². The number of hydrogen-bond donors (Lipinski definition) is 2. The molecule has 0 amide bonds. The summed E-state index contributed by atoms with van der Waals surface area (Å²) in [6, 6.07) is 0. The van der Waals surface area contributed by atoms with Gasteiger partial charge in [0.25, 0.3) is 0 Å². The fourth-order valence-electron chi connectivity index (χ4n) is 0.486. The molecule has 0 aromatic rings. The second kappa shape index (κ2) is 4.57. The number of rotatable bonds is 4. The molecule has 0 bridgehead atoms. The summed E-state index contributed by atoms with van der Waals surface area (Å²) in [5.74, 6) is -0.650. The topological polar surface area (TPSA) is 87.1 Å². The molecule has 0 aromatic heterocycles. The van der Waals surface area contributed by atoms with E-state index < -0.39 is 20.3 Å². The van der Waals surface area contributed by atoms with E-state index >= 15 is 0 Å². The Kier molecular flexibility index (Phi) is 4.41. The van der Waals surface area contributed by atoms with Crippen LogP contribution in [0.3, 0.4) is 0 Å². The normalized spacial score (nSPS) is 11.8. The average molecular weight is 197 g/mol. The Balaban J connectivity index is 3.93. The summed E-state index contributed by atoms with van der Waals surface area (Å²) in [6.45, 7) is 1.42. The lowest BCUT2D eigenvalue weighted by atomic mass is 10.6. The first-order chi connectivity index (χ1) is 5.38. The van der Waals surface area contributed by atoms with Crippen molar-refractivity contribution in [1.29, 1.82) is 0 Å². The van der Waals surface area contributed by atoms with Gasteiger partial charge in [0.1, 0.15) is 6.54 Å². The molecule has 0 aliphatic carbocycles. The van der Waals surface area contributed by atoms with Gasteiger partial charge in [-0.15, -0.1) is 0 Å². The molecule has 0 aromatic carbocycles. The Labute approximate surface area is 70.3 Å². The van der Waals surface area contributed by atoms with Crippen molar-refractivity contribution in [2.45, 2.75) is 6.92 Å². The fourth-order valence-corrected chi connectivity index (χ4v) is 0.785. The summed E-state index contributed by atoms with van der Waals surface area (Å²) < 4.78 is 15.6. The molecule has 0 fully saturated rings. The number of ether oxygens (including phenoxy) is 1. The van der Waals surface area contributed by atoms with Gasteiger partial charge in [-0.1, -0.05) is 0 Å². The number of likely N-dealkylation sites (N-methyl/N-ethyl adjacent to an activating group) is 1. The van der Waals surface area contributed by atoms with Gasteiger partial charge in [0.05, 0.1) is 6.61 Å². The number of carbonyl (C=O) groups is 1. The summed E-state index contributed by atoms with van der Waals surface area (Å²) in [6.07, 6.45) is 0.